The topological polar surface area (TPSA) is 12.9 Å². The molecule has 1 aliphatic rings. The normalized spacial score (nSPS) is 15.0. The molecule has 1 heteroatoms. The number of aromatic nitrogens is 1. The number of fused-ring (bicyclic) bond motifs is 3. The first kappa shape index (κ1) is 9.34. The fourth-order valence-corrected chi connectivity index (χ4v) is 2.51. The van der Waals surface area contributed by atoms with E-state index in [1.165, 1.54) is 33.4 Å². The Bertz CT molecular complexity index is 594. The van der Waals surface area contributed by atoms with Gasteiger partial charge in [0.25, 0.3) is 0 Å². The van der Waals surface area contributed by atoms with E-state index in [1.54, 1.807) is 0 Å². The zero-order chi connectivity index (χ0) is 11.1. The monoisotopic (exact) mass is 207 g/mol. The van der Waals surface area contributed by atoms with Gasteiger partial charge in [0.15, 0.2) is 0 Å². The molecule has 2 aromatic rings. The Labute approximate surface area is 95.5 Å². The van der Waals surface area contributed by atoms with E-state index in [2.05, 4.69) is 49.2 Å². The minimum Gasteiger partial charge on any atom is -0.264 e. The fourth-order valence-electron chi connectivity index (χ4n) is 2.51. The van der Waals surface area contributed by atoms with Crippen LogP contribution in [-0.4, -0.2) is 4.98 Å². The number of aryl methyl sites for hydroxylation is 1. The van der Waals surface area contributed by atoms with Crippen molar-refractivity contribution in [2.75, 3.05) is 0 Å². The summed E-state index contributed by atoms with van der Waals surface area (Å²) >= 11 is 0. The molecule has 1 aliphatic carbocycles. The van der Waals surface area contributed by atoms with E-state index in [-0.39, 0.29) is 0 Å². The highest BCUT2D eigenvalue weighted by atomic mass is 14.6. The van der Waals surface area contributed by atoms with E-state index in [4.69, 9.17) is 0 Å². The molecule has 0 bridgehead atoms. The number of hydrogen-bond acceptors (Lipinski definition) is 1. The predicted octanol–water partition coefficient (Wildman–Crippen LogP) is 3.82. The van der Waals surface area contributed by atoms with Crippen LogP contribution in [0.4, 0.5) is 0 Å². The van der Waals surface area contributed by atoms with Gasteiger partial charge in [-0.15, -0.1) is 0 Å². The molecule has 0 atom stereocenters. The third-order valence-electron chi connectivity index (χ3n) is 3.20. The summed E-state index contributed by atoms with van der Waals surface area (Å²) in [6, 6.07) is 8.54. The van der Waals surface area contributed by atoms with Crippen molar-refractivity contribution in [3.8, 4) is 11.1 Å². The molecule has 0 aliphatic heterocycles. The minimum atomic E-state index is 1.25. The van der Waals surface area contributed by atoms with Crippen molar-refractivity contribution in [3.63, 3.8) is 0 Å². The molecule has 1 heterocycles. The lowest BCUT2D eigenvalue weighted by atomic mass is 10.0. The number of hydrogen-bond donors (Lipinski definition) is 0. The van der Waals surface area contributed by atoms with E-state index in [1.807, 2.05) is 12.4 Å². The molecule has 3 rings (SSSR count). The number of allylic oxidation sites excluding steroid dienone is 1. The smallest absolute Gasteiger partial charge is 0.0353 e. The van der Waals surface area contributed by atoms with Crippen molar-refractivity contribution in [1.29, 1.82) is 0 Å². The molecule has 0 saturated carbocycles. The quantitative estimate of drug-likeness (QED) is 0.546. The third-order valence-corrected chi connectivity index (χ3v) is 3.20. The zero-order valence-electron chi connectivity index (χ0n) is 9.49. The maximum atomic E-state index is 4.30. The summed E-state index contributed by atoms with van der Waals surface area (Å²) in [6.45, 7) is 4.22. The largest absolute Gasteiger partial charge is 0.264 e. The second-order valence-corrected chi connectivity index (χ2v) is 4.13. The van der Waals surface area contributed by atoms with Crippen molar-refractivity contribution in [2.24, 2.45) is 0 Å². The van der Waals surface area contributed by atoms with E-state index in [9.17, 15) is 0 Å². The van der Waals surface area contributed by atoms with Gasteiger partial charge in [-0.05, 0) is 41.7 Å². The van der Waals surface area contributed by atoms with E-state index >= 15 is 0 Å². The molecule has 0 unspecified atom stereocenters. The summed E-state index contributed by atoms with van der Waals surface area (Å²) in [6.07, 6.45) is 6.10. The highest BCUT2D eigenvalue weighted by Gasteiger charge is 2.23. The molecule has 78 valence electrons. The number of benzene rings is 1. The van der Waals surface area contributed by atoms with Gasteiger partial charge in [0.05, 0.1) is 0 Å². The summed E-state index contributed by atoms with van der Waals surface area (Å²) in [5.41, 5.74) is 7.84. The molecule has 0 saturated heterocycles. The van der Waals surface area contributed by atoms with Gasteiger partial charge in [0.1, 0.15) is 0 Å². The summed E-state index contributed by atoms with van der Waals surface area (Å²) in [4.78, 5) is 4.30. The number of nitrogens with zero attached hydrogens (tertiary/aromatic N) is 1. The van der Waals surface area contributed by atoms with Gasteiger partial charge in [0, 0.05) is 18.0 Å². The Morgan fingerprint density at radius 3 is 2.50 bits per heavy atom. The van der Waals surface area contributed by atoms with Crippen LogP contribution in [0.3, 0.4) is 0 Å². The highest BCUT2D eigenvalue weighted by Crippen LogP contribution is 2.44. The van der Waals surface area contributed by atoms with Gasteiger partial charge in [-0.25, -0.2) is 0 Å². The summed E-state index contributed by atoms with van der Waals surface area (Å²) in [5, 5.41) is 0. The molecule has 0 amide bonds. The number of pyridine rings is 1. The first-order valence-corrected chi connectivity index (χ1v) is 5.54. The van der Waals surface area contributed by atoms with Crippen molar-refractivity contribution in [1.82, 2.24) is 4.98 Å². The Balaban J connectivity index is 2.44. The Morgan fingerprint density at radius 2 is 1.75 bits per heavy atom. The SMILES string of the molecule is C/C=C1/c2ccccc2-c2cncc(C)c21. The molecule has 1 aromatic carbocycles. The molecule has 16 heavy (non-hydrogen) atoms. The molecular weight excluding hydrogens is 194 g/mol. The van der Waals surface area contributed by atoms with Crippen LogP contribution in [0.2, 0.25) is 0 Å². The zero-order valence-corrected chi connectivity index (χ0v) is 9.49. The lowest BCUT2D eigenvalue weighted by molar-refractivity contribution is 1.26. The third kappa shape index (κ3) is 1.09. The van der Waals surface area contributed by atoms with Crippen molar-refractivity contribution >= 4 is 5.57 Å². The Hall–Kier alpha value is -1.89. The van der Waals surface area contributed by atoms with Crippen LogP contribution in [0, 0.1) is 6.92 Å². The van der Waals surface area contributed by atoms with E-state index < -0.39 is 0 Å². The van der Waals surface area contributed by atoms with Crippen molar-refractivity contribution < 1.29 is 0 Å². The van der Waals surface area contributed by atoms with Crippen molar-refractivity contribution in [2.45, 2.75) is 13.8 Å². The van der Waals surface area contributed by atoms with Crippen LogP contribution in [0.15, 0.2) is 42.7 Å². The van der Waals surface area contributed by atoms with Gasteiger partial charge in [-0.3, -0.25) is 4.98 Å². The molecule has 0 spiro atoms. The Morgan fingerprint density at radius 1 is 1.00 bits per heavy atom. The average Bonchev–Trinajstić information content (AvgIpc) is 2.65. The standard InChI is InChI=1S/C15H13N/c1-3-11-12-6-4-5-7-13(12)14-9-16-8-10(2)15(11)14/h3-9H,1-2H3/b11-3-. The maximum absolute atomic E-state index is 4.30. The average molecular weight is 207 g/mol. The molecule has 1 aromatic heterocycles. The van der Waals surface area contributed by atoms with Crippen molar-refractivity contribution in [3.05, 3.63) is 59.4 Å². The molecule has 1 nitrogen and oxygen atoms in total. The van der Waals surface area contributed by atoms with Gasteiger partial charge in [-0.1, -0.05) is 30.3 Å². The Kier molecular flexibility index (Phi) is 1.93. The van der Waals surface area contributed by atoms with Crippen LogP contribution in [0.5, 0.6) is 0 Å². The predicted molar refractivity (Wildman–Crippen MR) is 67.2 cm³/mol. The molecule has 0 fully saturated rings. The van der Waals surface area contributed by atoms with E-state index in [0.717, 1.165) is 0 Å². The first-order valence-electron chi connectivity index (χ1n) is 5.54. The highest BCUT2D eigenvalue weighted by molar-refractivity contribution is 6.01. The van der Waals surface area contributed by atoms with Gasteiger partial charge < -0.3 is 0 Å². The lowest BCUT2D eigenvalue weighted by Crippen LogP contribution is -1.87. The van der Waals surface area contributed by atoms with Crippen LogP contribution in [0.25, 0.3) is 16.7 Å². The summed E-state index contributed by atoms with van der Waals surface area (Å²) in [7, 11) is 0. The fraction of sp³-hybridized carbons (Fsp3) is 0.133. The van der Waals surface area contributed by atoms with Crippen LogP contribution in [-0.2, 0) is 0 Å². The molecule has 0 radical (unpaired) electrons. The lowest BCUT2D eigenvalue weighted by Gasteiger charge is -2.04. The van der Waals surface area contributed by atoms with Gasteiger partial charge >= 0.3 is 0 Å². The summed E-state index contributed by atoms with van der Waals surface area (Å²) < 4.78 is 0. The second kappa shape index (κ2) is 3.31. The van der Waals surface area contributed by atoms with Crippen LogP contribution < -0.4 is 0 Å². The minimum absolute atomic E-state index is 1.25. The number of rotatable bonds is 0. The molecule has 0 N–H and O–H groups in total. The molecular formula is C15H13N. The summed E-state index contributed by atoms with van der Waals surface area (Å²) in [5.74, 6) is 0. The van der Waals surface area contributed by atoms with Gasteiger partial charge in [-0.2, -0.15) is 0 Å². The van der Waals surface area contributed by atoms with Crippen LogP contribution >= 0.6 is 0 Å². The van der Waals surface area contributed by atoms with E-state index in [0.29, 0.717) is 0 Å². The second-order valence-electron chi connectivity index (χ2n) is 4.13. The first-order chi connectivity index (χ1) is 7.83. The van der Waals surface area contributed by atoms with Gasteiger partial charge in [0.2, 0.25) is 0 Å². The maximum Gasteiger partial charge on any atom is 0.0353 e. The van der Waals surface area contributed by atoms with Crippen LogP contribution in [0.1, 0.15) is 23.6 Å².